The van der Waals surface area contributed by atoms with Crippen LogP contribution in [0.1, 0.15) is 41.8 Å². The van der Waals surface area contributed by atoms with Gasteiger partial charge >= 0.3 is 0 Å². The lowest BCUT2D eigenvalue weighted by atomic mass is 10.0. The van der Waals surface area contributed by atoms with E-state index in [4.69, 9.17) is 26.3 Å². The molecule has 2 aromatic heterocycles. The quantitative estimate of drug-likeness (QED) is 0.252. The molecule has 5 rings (SSSR count). The van der Waals surface area contributed by atoms with Crippen LogP contribution in [0.3, 0.4) is 0 Å². The number of ether oxygens (including phenoxy) is 1. The van der Waals surface area contributed by atoms with E-state index >= 15 is 0 Å². The van der Waals surface area contributed by atoms with Gasteiger partial charge in [-0.3, -0.25) is 4.79 Å². The highest BCUT2D eigenvalue weighted by molar-refractivity contribution is 6.33. The van der Waals surface area contributed by atoms with Crippen molar-refractivity contribution in [2.24, 2.45) is 0 Å². The number of benzene rings is 2. The maximum Gasteiger partial charge on any atom is 0.253 e. The molecule has 1 fully saturated rings. The van der Waals surface area contributed by atoms with Crippen LogP contribution in [0.2, 0.25) is 5.02 Å². The van der Waals surface area contributed by atoms with Crippen LogP contribution in [0, 0.1) is 0 Å². The highest BCUT2D eigenvalue weighted by atomic mass is 35.5. The second-order valence-electron chi connectivity index (χ2n) is 9.67. The first-order chi connectivity index (χ1) is 18.3. The summed E-state index contributed by atoms with van der Waals surface area (Å²) in [6.07, 6.45) is 3.09. The number of rotatable bonds is 7. The number of hydrogen-bond donors (Lipinski definition) is 4. The molecule has 4 N–H and O–H groups in total. The molecule has 4 aromatic rings. The zero-order valence-electron chi connectivity index (χ0n) is 21.6. The van der Waals surface area contributed by atoms with Crippen LogP contribution in [-0.4, -0.2) is 64.2 Å². The van der Waals surface area contributed by atoms with E-state index in [0.717, 1.165) is 34.9 Å². The monoisotopic (exact) mass is 534 g/mol. The number of anilines is 3. The third kappa shape index (κ3) is 5.45. The Morgan fingerprint density at radius 1 is 1.18 bits per heavy atom. The van der Waals surface area contributed by atoms with Gasteiger partial charge in [-0.15, -0.1) is 0 Å². The van der Waals surface area contributed by atoms with Crippen LogP contribution in [0.4, 0.5) is 17.5 Å². The average molecular weight is 535 g/mol. The van der Waals surface area contributed by atoms with Crippen LogP contribution in [0.25, 0.3) is 22.2 Å². The Morgan fingerprint density at radius 2 is 1.97 bits per heavy atom. The van der Waals surface area contributed by atoms with Gasteiger partial charge in [0.15, 0.2) is 0 Å². The number of fused-ring (bicyclic) bond motifs is 1. The smallest absolute Gasteiger partial charge is 0.253 e. The van der Waals surface area contributed by atoms with E-state index in [1.54, 1.807) is 39.2 Å². The molecule has 0 bridgehead atoms. The zero-order chi connectivity index (χ0) is 26.8. The molecule has 9 nitrogen and oxygen atoms in total. The topological polar surface area (TPSA) is 115 Å². The Kier molecular flexibility index (Phi) is 7.51. The van der Waals surface area contributed by atoms with E-state index in [0.29, 0.717) is 46.9 Å². The van der Waals surface area contributed by atoms with Crippen LogP contribution >= 0.6 is 11.6 Å². The van der Waals surface area contributed by atoms with Crippen molar-refractivity contribution in [2.75, 3.05) is 37.9 Å². The molecule has 10 heteroatoms. The van der Waals surface area contributed by atoms with Gasteiger partial charge in [0, 0.05) is 50.7 Å². The first-order valence-corrected chi connectivity index (χ1v) is 13.0. The lowest BCUT2D eigenvalue weighted by Gasteiger charge is -2.24. The minimum atomic E-state index is -0.573. The second kappa shape index (κ2) is 11.0. The molecule has 198 valence electrons. The molecule has 0 spiro atoms. The summed E-state index contributed by atoms with van der Waals surface area (Å²) < 4.78 is 5.54. The van der Waals surface area contributed by atoms with E-state index in [1.807, 2.05) is 30.5 Å². The largest absolute Gasteiger partial charge is 0.389 e. The van der Waals surface area contributed by atoms with Crippen molar-refractivity contribution in [1.82, 2.24) is 19.9 Å². The number of carbonyl (C=O) groups excluding carboxylic acids is 1. The molecule has 0 radical (unpaired) electrons. The lowest BCUT2D eigenvalue weighted by molar-refractivity contribution is 0.0827. The van der Waals surface area contributed by atoms with Crippen LogP contribution in [-0.2, 0) is 4.74 Å². The van der Waals surface area contributed by atoms with E-state index in [2.05, 4.69) is 15.6 Å². The summed E-state index contributed by atoms with van der Waals surface area (Å²) in [4.78, 5) is 26.7. The number of amides is 1. The number of aromatic nitrogens is 3. The Balaban J connectivity index is 1.54. The number of halogens is 1. The fraction of sp³-hybridized carbons (Fsp3) is 0.321. The van der Waals surface area contributed by atoms with Gasteiger partial charge in [0.1, 0.15) is 11.5 Å². The van der Waals surface area contributed by atoms with Gasteiger partial charge in [0.05, 0.1) is 22.2 Å². The summed E-state index contributed by atoms with van der Waals surface area (Å²) in [6, 6.07) is 13.1. The Bertz CT molecular complexity index is 1460. The molecule has 3 heterocycles. The SMILES string of the molecule is C[C@@H](O)c1cccc(-c2c[nH]c3nc(Nc4ccc(C(=O)N(C)C)cc4Cl)nc(NC4CCOCC4)c23)c1. The number of hydrogen-bond acceptors (Lipinski definition) is 7. The van der Waals surface area contributed by atoms with E-state index in [9.17, 15) is 9.90 Å². The van der Waals surface area contributed by atoms with Gasteiger partial charge in [-0.1, -0.05) is 29.8 Å². The molecular weight excluding hydrogens is 504 g/mol. The lowest BCUT2D eigenvalue weighted by Crippen LogP contribution is -2.28. The van der Waals surface area contributed by atoms with Crippen molar-refractivity contribution in [3.05, 3.63) is 64.8 Å². The molecule has 1 saturated heterocycles. The molecule has 0 unspecified atom stereocenters. The van der Waals surface area contributed by atoms with Crippen LogP contribution in [0.5, 0.6) is 0 Å². The summed E-state index contributed by atoms with van der Waals surface area (Å²) in [5.74, 6) is 0.933. The highest BCUT2D eigenvalue weighted by Gasteiger charge is 2.21. The minimum Gasteiger partial charge on any atom is -0.389 e. The highest BCUT2D eigenvalue weighted by Crippen LogP contribution is 2.36. The summed E-state index contributed by atoms with van der Waals surface area (Å²) in [7, 11) is 3.40. The number of carbonyl (C=O) groups is 1. The predicted molar refractivity (Wildman–Crippen MR) is 150 cm³/mol. The molecular formula is C28H31ClN6O3. The van der Waals surface area contributed by atoms with Crippen molar-refractivity contribution in [3.8, 4) is 11.1 Å². The molecule has 1 atom stereocenters. The number of aliphatic hydroxyl groups is 1. The maximum absolute atomic E-state index is 12.3. The van der Waals surface area contributed by atoms with Gasteiger partial charge < -0.3 is 30.4 Å². The average Bonchev–Trinajstić information content (AvgIpc) is 3.34. The molecule has 1 aliphatic rings. The fourth-order valence-electron chi connectivity index (χ4n) is 4.55. The first-order valence-electron chi connectivity index (χ1n) is 12.6. The summed E-state index contributed by atoms with van der Waals surface area (Å²) >= 11 is 6.52. The molecule has 38 heavy (non-hydrogen) atoms. The second-order valence-corrected chi connectivity index (χ2v) is 10.1. The molecule has 1 amide bonds. The van der Waals surface area contributed by atoms with Crippen molar-refractivity contribution in [3.63, 3.8) is 0 Å². The molecule has 0 saturated carbocycles. The van der Waals surface area contributed by atoms with Crippen molar-refractivity contribution in [2.45, 2.75) is 31.9 Å². The van der Waals surface area contributed by atoms with E-state index in [1.165, 1.54) is 4.90 Å². The first kappa shape index (κ1) is 26.0. The van der Waals surface area contributed by atoms with Crippen molar-refractivity contribution < 1.29 is 14.6 Å². The predicted octanol–water partition coefficient (Wildman–Crippen LogP) is 5.37. The van der Waals surface area contributed by atoms with Crippen LogP contribution < -0.4 is 10.6 Å². The molecule has 1 aliphatic heterocycles. The summed E-state index contributed by atoms with van der Waals surface area (Å²) in [6.45, 7) is 3.14. The normalized spacial score (nSPS) is 14.9. The Labute approximate surface area is 226 Å². The van der Waals surface area contributed by atoms with Gasteiger partial charge in [-0.2, -0.15) is 9.97 Å². The summed E-state index contributed by atoms with van der Waals surface area (Å²) in [5, 5.41) is 18.2. The van der Waals surface area contributed by atoms with Crippen LogP contribution in [0.15, 0.2) is 48.7 Å². The number of H-pyrrole nitrogens is 1. The number of aromatic amines is 1. The number of aliphatic hydroxyl groups excluding tert-OH is 1. The van der Waals surface area contributed by atoms with Crippen molar-refractivity contribution in [1.29, 1.82) is 0 Å². The number of nitrogens with one attached hydrogen (secondary N) is 3. The van der Waals surface area contributed by atoms with Gasteiger partial charge in [0.25, 0.3) is 5.91 Å². The van der Waals surface area contributed by atoms with Crippen molar-refractivity contribution >= 4 is 46.0 Å². The third-order valence-electron chi connectivity index (χ3n) is 6.64. The van der Waals surface area contributed by atoms with Gasteiger partial charge in [-0.25, -0.2) is 0 Å². The van der Waals surface area contributed by atoms with Gasteiger partial charge in [-0.05, 0) is 55.2 Å². The zero-order valence-corrected chi connectivity index (χ0v) is 22.3. The minimum absolute atomic E-state index is 0.127. The maximum atomic E-state index is 12.3. The van der Waals surface area contributed by atoms with E-state index < -0.39 is 6.10 Å². The molecule has 0 aliphatic carbocycles. The standard InChI is InChI=1S/C28H31ClN6O3/c1-16(36)17-5-4-6-18(13-17)21-15-30-25-24(21)26(31-20-9-11-38-12-10-20)34-28(33-25)32-23-8-7-19(14-22(23)29)27(37)35(2)3/h4-8,13-16,20,36H,9-12H2,1-3H3,(H3,30,31,32,33,34)/t16-/m1/s1. The number of nitrogens with zero attached hydrogens (tertiary/aromatic N) is 3. The fourth-order valence-corrected chi connectivity index (χ4v) is 4.78. The van der Waals surface area contributed by atoms with E-state index in [-0.39, 0.29) is 11.9 Å². The molecule has 2 aromatic carbocycles. The van der Waals surface area contributed by atoms with Gasteiger partial charge in [0.2, 0.25) is 5.95 Å². The summed E-state index contributed by atoms with van der Waals surface area (Å²) in [5.41, 5.74) is 4.48. The Hall–Kier alpha value is -3.66. The third-order valence-corrected chi connectivity index (χ3v) is 6.96. The Morgan fingerprint density at radius 3 is 2.68 bits per heavy atom.